The molecule has 2 aromatic rings. The lowest BCUT2D eigenvalue weighted by atomic mass is 10.2. The van der Waals surface area contributed by atoms with Crippen molar-refractivity contribution in [2.45, 2.75) is 13.0 Å². The number of carbonyl (C=O) groups excluding carboxylic acids is 1. The molecule has 21 heavy (non-hydrogen) atoms. The van der Waals surface area contributed by atoms with Crippen LogP contribution in [0.25, 0.3) is 0 Å². The molecule has 0 radical (unpaired) electrons. The summed E-state index contributed by atoms with van der Waals surface area (Å²) in [5.74, 6) is -2.09. The number of furan rings is 1. The van der Waals surface area contributed by atoms with Crippen molar-refractivity contribution >= 4 is 5.91 Å². The molecule has 0 fully saturated rings. The second-order valence-corrected chi connectivity index (χ2v) is 4.34. The van der Waals surface area contributed by atoms with E-state index < -0.39 is 17.5 Å². The van der Waals surface area contributed by atoms with E-state index in [9.17, 15) is 13.6 Å². The predicted molar refractivity (Wildman–Crippen MR) is 71.7 cm³/mol. The minimum Gasteiger partial charge on any atom is -0.467 e. The van der Waals surface area contributed by atoms with E-state index in [4.69, 9.17) is 9.15 Å². The molecule has 0 atom stereocenters. The summed E-state index contributed by atoms with van der Waals surface area (Å²) in [6, 6.07) is 7.07. The van der Waals surface area contributed by atoms with Gasteiger partial charge in [-0.2, -0.15) is 0 Å². The third-order valence-corrected chi connectivity index (χ3v) is 2.77. The Balaban J connectivity index is 1.66. The minimum absolute atomic E-state index is 0.300. The van der Waals surface area contributed by atoms with Crippen LogP contribution in [-0.4, -0.2) is 19.1 Å². The van der Waals surface area contributed by atoms with Crippen LogP contribution in [0.1, 0.15) is 22.5 Å². The molecule has 112 valence electrons. The van der Waals surface area contributed by atoms with Crippen LogP contribution in [0.5, 0.6) is 0 Å². The number of ether oxygens (including phenoxy) is 1. The number of carbonyl (C=O) groups is 1. The Bertz CT molecular complexity index is 585. The van der Waals surface area contributed by atoms with Crippen molar-refractivity contribution in [1.82, 2.24) is 5.32 Å². The van der Waals surface area contributed by atoms with Crippen molar-refractivity contribution in [3.8, 4) is 0 Å². The maximum Gasteiger partial charge on any atom is 0.254 e. The number of nitrogens with one attached hydrogen (secondary N) is 1. The normalized spacial score (nSPS) is 10.6. The van der Waals surface area contributed by atoms with Gasteiger partial charge in [0.1, 0.15) is 12.4 Å². The van der Waals surface area contributed by atoms with Crippen molar-refractivity contribution in [2.75, 3.05) is 13.2 Å². The average molecular weight is 295 g/mol. The Kier molecular flexibility index (Phi) is 5.45. The van der Waals surface area contributed by atoms with Crippen molar-refractivity contribution < 1.29 is 22.7 Å². The number of amides is 1. The quantitative estimate of drug-likeness (QED) is 0.799. The Morgan fingerprint density at radius 3 is 2.86 bits per heavy atom. The van der Waals surface area contributed by atoms with Crippen LogP contribution < -0.4 is 5.32 Å². The molecule has 1 N–H and O–H groups in total. The monoisotopic (exact) mass is 295 g/mol. The summed E-state index contributed by atoms with van der Waals surface area (Å²) in [5, 5.41) is 2.51. The van der Waals surface area contributed by atoms with Gasteiger partial charge < -0.3 is 14.5 Å². The third kappa shape index (κ3) is 4.39. The van der Waals surface area contributed by atoms with E-state index in [0.717, 1.165) is 11.8 Å². The number of hydrogen-bond acceptors (Lipinski definition) is 3. The summed E-state index contributed by atoms with van der Waals surface area (Å²) in [6.45, 7) is 1.10. The van der Waals surface area contributed by atoms with Crippen LogP contribution in [0.4, 0.5) is 8.78 Å². The van der Waals surface area contributed by atoms with Crippen LogP contribution in [0, 0.1) is 11.6 Å². The van der Waals surface area contributed by atoms with Gasteiger partial charge in [0.05, 0.1) is 11.8 Å². The van der Waals surface area contributed by atoms with Crippen LogP contribution in [0.15, 0.2) is 41.0 Å². The molecule has 0 aliphatic carbocycles. The molecule has 2 rings (SSSR count). The molecule has 0 unspecified atom stereocenters. The fourth-order valence-corrected chi connectivity index (χ4v) is 1.72. The molecule has 0 saturated heterocycles. The predicted octanol–water partition coefficient (Wildman–Crippen LogP) is 2.89. The van der Waals surface area contributed by atoms with Gasteiger partial charge in [-0.1, -0.05) is 6.07 Å². The molecule has 6 heteroatoms. The zero-order valence-corrected chi connectivity index (χ0v) is 11.3. The van der Waals surface area contributed by atoms with E-state index in [0.29, 0.717) is 26.2 Å². The zero-order chi connectivity index (χ0) is 15.1. The molecule has 1 aromatic heterocycles. The molecular formula is C15H15F2NO3. The Morgan fingerprint density at radius 2 is 2.10 bits per heavy atom. The van der Waals surface area contributed by atoms with E-state index in [2.05, 4.69) is 5.32 Å². The van der Waals surface area contributed by atoms with Gasteiger partial charge in [0.25, 0.3) is 5.91 Å². The maximum absolute atomic E-state index is 13.4. The SMILES string of the molecule is O=C(NCCCOCc1ccco1)c1cccc(F)c1F. The number of benzene rings is 1. The first-order chi connectivity index (χ1) is 10.2. The summed E-state index contributed by atoms with van der Waals surface area (Å²) < 4.78 is 36.8. The first-order valence-corrected chi connectivity index (χ1v) is 6.51. The standard InChI is InChI=1S/C15H15F2NO3/c16-13-6-1-5-12(14(13)17)15(19)18-7-3-8-20-10-11-4-2-9-21-11/h1-2,4-6,9H,3,7-8,10H2,(H,18,19). The van der Waals surface area contributed by atoms with E-state index >= 15 is 0 Å². The van der Waals surface area contributed by atoms with Gasteiger partial charge in [-0.15, -0.1) is 0 Å². The number of hydrogen-bond donors (Lipinski definition) is 1. The van der Waals surface area contributed by atoms with E-state index in [1.807, 2.05) is 0 Å². The fourth-order valence-electron chi connectivity index (χ4n) is 1.72. The molecule has 0 spiro atoms. The van der Waals surface area contributed by atoms with Gasteiger partial charge in [-0.3, -0.25) is 4.79 Å². The molecule has 0 aliphatic heterocycles. The smallest absolute Gasteiger partial charge is 0.254 e. The zero-order valence-electron chi connectivity index (χ0n) is 11.3. The lowest BCUT2D eigenvalue weighted by Gasteiger charge is -2.06. The van der Waals surface area contributed by atoms with Crippen LogP contribution in [0.2, 0.25) is 0 Å². The first kappa shape index (κ1) is 15.2. The van der Waals surface area contributed by atoms with Gasteiger partial charge in [-0.25, -0.2) is 8.78 Å². The molecule has 1 heterocycles. The highest BCUT2D eigenvalue weighted by Crippen LogP contribution is 2.11. The summed E-state index contributed by atoms with van der Waals surface area (Å²) in [7, 11) is 0. The maximum atomic E-state index is 13.4. The van der Waals surface area contributed by atoms with E-state index in [1.165, 1.54) is 12.1 Å². The van der Waals surface area contributed by atoms with Gasteiger partial charge in [0.2, 0.25) is 0 Å². The van der Waals surface area contributed by atoms with E-state index in [1.54, 1.807) is 18.4 Å². The van der Waals surface area contributed by atoms with E-state index in [-0.39, 0.29) is 5.56 Å². The van der Waals surface area contributed by atoms with Crippen molar-refractivity contribution in [3.05, 3.63) is 59.6 Å². The summed E-state index contributed by atoms with van der Waals surface area (Å²) in [6.07, 6.45) is 2.12. The fraction of sp³-hybridized carbons (Fsp3) is 0.267. The molecule has 1 aromatic carbocycles. The lowest BCUT2D eigenvalue weighted by molar-refractivity contribution is 0.0913. The van der Waals surface area contributed by atoms with Crippen molar-refractivity contribution in [1.29, 1.82) is 0 Å². The summed E-state index contributed by atoms with van der Waals surface area (Å²) in [4.78, 5) is 11.7. The van der Waals surface area contributed by atoms with Gasteiger partial charge in [0.15, 0.2) is 11.6 Å². The average Bonchev–Trinajstić information content (AvgIpc) is 2.98. The second kappa shape index (κ2) is 7.54. The number of rotatable bonds is 7. The molecule has 0 bridgehead atoms. The van der Waals surface area contributed by atoms with Crippen molar-refractivity contribution in [2.24, 2.45) is 0 Å². The largest absolute Gasteiger partial charge is 0.467 e. The first-order valence-electron chi connectivity index (χ1n) is 6.51. The Morgan fingerprint density at radius 1 is 1.24 bits per heavy atom. The van der Waals surface area contributed by atoms with Gasteiger partial charge in [-0.05, 0) is 30.7 Å². The van der Waals surface area contributed by atoms with Crippen LogP contribution in [0.3, 0.4) is 0 Å². The lowest BCUT2D eigenvalue weighted by Crippen LogP contribution is -2.26. The summed E-state index contributed by atoms with van der Waals surface area (Å²) in [5.41, 5.74) is -0.300. The Hall–Kier alpha value is -2.21. The Labute approximate surface area is 120 Å². The highest BCUT2D eigenvalue weighted by molar-refractivity contribution is 5.94. The highest BCUT2D eigenvalue weighted by Gasteiger charge is 2.14. The number of halogens is 2. The van der Waals surface area contributed by atoms with Gasteiger partial charge in [0, 0.05) is 13.2 Å². The molecular weight excluding hydrogens is 280 g/mol. The van der Waals surface area contributed by atoms with Crippen LogP contribution in [-0.2, 0) is 11.3 Å². The topological polar surface area (TPSA) is 51.5 Å². The molecule has 0 aliphatic rings. The summed E-state index contributed by atoms with van der Waals surface area (Å²) >= 11 is 0. The molecule has 1 amide bonds. The molecule has 4 nitrogen and oxygen atoms in total. The molecule has 0 saturated carbocycles. The second-order valence-electron chi connectivity index (χ2n) is 4.34. The third-order valence-electron chi connectivity index (χ3n) is 2.77. The minimum atomic E-state index is -1.14. The van der Waals surface area contributed by atoms with Crippen LogP contribution >= 0.6 is 0 Å². The van der Waals surface area contributed by atoms with Crippen molar-refractivity contribution in [3.63, 3.8) is 0 Å². The highest BCUT2D eigenvalue weighted by atomic mass is 19.2. The van der Waals surface area contributed by atoms with Gasteiger partial charge >= 0.3 is 0 Å².